The summed E-state index contributed by atoms with van der Waals surface area (Å²) >= 11 is 1.58. The fraction of sp³-hybridized carbons (Fsp3) is 0.467. The van der Waals surface area contributed by atoms with Crippen LogP contribution in [0, 0.1) is 5.92 Å². The molecule has 5 heteroatoms. The molecule has 1 aromatic rings. The van der Waals surface area contributed by atoms with Crippen LogP contribution in [0.3, 0.4) is 0 Å². The molecule has 0 bridgehead atoms. The average molecular weight is 294 g/mol. The zero-order valence-electron chi connectivity index (χ0n) is 12.5. The monoisotopic (exact) mass is 294 g/mol. The van der Waals surface area contributed by atoms with E-state index < -0.39 is 0 Å². The van der Waals surface area contributed by atoms with E-state index in [2.05, 4.69) is 5.32 Å². The highest BCUT2D eigenvalue weighted by Gasteiger charge is 2.18. The van der Waals surface area contributed by atoms with Gasteiger partial charge in [0.1, 0.15) is 0 Å². The lowest BCUT2D eigenvalue weighted by atomic mass is 10.1. The molecule has 0 fully saturated rings. The second-order valence-electron chi connectivity index (χ2n) is 4.75. The highest BCUT2D eigenvalue weighted by Crippen LogP contribution is 2.24. The fourth-order valence-corrected chi connectivity index (χ4v) is 2.34. The maximum atomic E-state index is 12.0. The summed E-state index contributed by atoms with van der Waals surface area (Å²) in [6, 6.07) is 7.62. The summed E-state index contributed by atoms with van der Waals surface area (Å²) in [4.78, 5) is 26.4. The number of carbonyl (C=O) groups is 2. The van der Waals surface area contributed by atoms with Crippen LogP contribution in [0.2, 0.25) is 0 Å². The number of carbonyl (C=O) groups excluding carboxylic acids is 2. The number of anilines is 1. The minimum absolute atomic E-state index is 0.000742. The molecule has 1 N–H and O–H groups in total. The van der Waals surface area contributed by atoms with Gasteiger partial charge >= 0.3 is 0 Å². The van der Waals surface area contributed by atoms with Gasteiger partial charge in [-0.05, 0) is 24.8 Å². The van der Waals surface area contributed by atoms with Crippen LogP contribution in [0.25, 0.3) is 0 Å². The van der Waals surface area contributed by atoms with Gasteiger partial charge in [-0.2, -0.15) is 0 Å². The second-order valence-corrected chi connectivity index (χ2v) is 5.60. The van der Waals surface area contributed by atoms with E-state index in [9.17, 15) is 9.59 Å². The van der Waals surface area contributed by atoms with E-state index in [0.29, 0.717) is 0 Å². The largest absolute Gasteiger partial charge is 0.336 e. The van der Waals surface area contributed by atoms with E-state index in [4.69, 9.17) is 0 Å². The Morgan fingerprint density at radius 2 is 2.00 bits per heavy atom. The van der Waals surface area contributed by atoms with Crippen molar-refractivity contribution in [2.45, 2.75) is 25.2 Å². The second kappa shape index (κ2) is 7.94. The highest BCUT2D eigenvalue weighted by atomic mass is 32.2. The van der Waals surface area contributed by atoms with Gasteiger partial charge in [0.15, 0.2) is 0 Å². The lowest BCUT2D eigenvalue weighted by Gasteiger charge is -2.20. The van der Waals surface area contributed by atoms with Crippen LogP contribution in [-0.2, 0) is 9.59 Å². The van der Waals surface area contributed by atoms with Crippen LogP contribution in [-0.4, -0.2) is 36.6 Å². The molecule has 1 unspecified atom stereocenters. The summed E-state index contributed by atoms with van der Waals surface area (Å²) in [6.07, 6.45) is 2.74. The van der Waals surface area contributed by atoms with E-state index in [1.54, 1.807) is 18.8 Å². The molecule has 1 atom stereocenters. The number of nitrogens with one attached hydrogen (secondary N) is 1. The van der Waals surface area contributed by atoms with Gasteiger partial charge in [-0.3, -0.25) is 9.59 Å². The van der Waals surface area contributed by atoms with Gasteiger partial charge in [-0.15, -0.1) is 11.8 Å². The molecule has 0 heterocycles. The van der Waals surface area contributed by atoms with E-state index in [1.807, 2.05) is 44.4 Å². The molecule has 2 amide bonds. The smallest absolute Gasteiger partial charge is 0.244 e. The molecule has 20 heavy (non-hydrogen) atoms. The molecule has 0 spiro atoms. The third kappa shape index (κ3) is 4.56. The van der Waals surface area contributed by atoms with E-state index in [0.717, 1.165) is 17.0 Å². The van der Waals surface area contributed by atoms with E-state index >= 15 is 0 Å². The molecular formula is C15H22N2O2S. The third-order valence-corrected chi connectivity index (χ3v) is 3.97. The molecular weight excluding hydrogens is 272 g/mol. The number of benzene rings is 1. The summed E-state index contributed by atoms with van der Waals surface area (Å²) in [5, 5.41) is 2.85. The van der Waals surface area contributed by atoms with E-state index in [1.165, 1.54) is 4.90 Å². The predicted molar refractivity (Wildman–Crippen MR) is 83.9 cm³/mol. The van der Waals surface area contributed by atoms with Crippen LogP contribution in [0.5, 0.6) is 0 Å². The molecule has 0 aliphatic rings. The Bertz CT molecular complexity index is 477. The molecule has 0 saturated carbocycles. The molecule has 0 radical (unpaired) electrons. The van der Waals surface area contributed by atoms with Crippen molar-refractivity contribution in [3.8, 4) is 0 Å². The van der Waals surface area contributed by atoms with Crippen molar-refractivity contribution in [2.75, 3.05) is 25.2 Å². The molecule has 0 saturated heterocycles. The lowest BCUT2D eigenvalue weighted by molar-refractivity contribution is -0.136. The number of hydrogen-bond donors (Lipinski definition) is 1. The van der Waals surface area contributed by atoms with Gasteiger partial charge < -0.3 is 10.2 Å². The molecule has 1 rings (SSSR count). The Balaban J connectivity index is 2.62. The number of amides is 2. The number of para-hydroxylation sites is 1. The van der Waals surface area contributed by atoms with Crippen LogP contribution in [0.4, 0.5) is 5.69 Å². The summed E-state index contributed by atoms with van der Waals surface area (Å²) in [5.41, 5.74) is 0.786. The lowest BCUT2D eigenvalue weighted by Crippen LogP contribution is -2.37. The maximum Gasteiger partial charge on any atom is 0.244 e. The molecule has 4 nitrogen and oxygen atoms in total. The van der Waals surface area contributed by atoms with Crippen LogP contribution in [0.15, 0.2) is 29.2 Å². The van der Waals surface area contributed by atoms with Crippen molar-refractivity contribution in [3.05, 3.63) is 24.3 Å². The quantitative estimate of drug-likeness (QED) is 0.821. The first kappa shape index (κ1) is 16.6. The normalized spacial score (nSPS) is 11.8. The number of nitrogens with zero attached hydrogens (tertiary/aromatic N) is 1. The molecule has 110 valence electrons. The molecule has 0 aromatic heterocycles. The van der Waals surface area contributed by atoms with Gasteiger partial charge in [0.05, 0.1) is 12.2 Å². The average Bonchev–Trinajstić information content (AvgIpc) is 2.45. The molecule has 0 aliphatic carbocycles. The minimum Gasteiger partial charge on any atom is -0.336 e. The number of likely N-dealkylation sites (N-methyl/N-ethyl adjacent to an activating group) is 1. The highest BCUT2D eigenvalue weighted by molar-refractivity contribution is 7.98. The fourth-order valence-electron chi connectivity index (χ4n) is 1.78. The Morgan fingerprint density at radius 1 is 1.35 bits per heavy atom. The first-order valence-electron chi connectivity index (χ1n) is 6.67. The predicted octanol–water partition coefficient (Wildman–Crippen LogP) is 2.85. The number of hydrogen-bond acceptors (Lipinski definition) is 3. The zero-order chi connectivity index (χ0) is 15.1. The first-order valence-corrected chi connectivity index (χ1v) is 7.89. The first-order chi connectivity index (χ1) is 9.49. The van der Waals surface area contributed by atoms with Gasteiger partial charge in [0, 0.05) is 17.9 Å². The van der Waals surface area contributed by atoms with Gasteiger partial charge in [-0.25, -0.2) is 0 Å². The third-order valence-electron chi connectivity index (χ3n) is 3.17. The van der Waals surface area contributed by atoms with Gasteiger partial charge in [-0.1, -0.05) is 26.0 Å². The zero-order valence-corrected chi connectivity index (χ0v) is 13.3. The standard InChI is InChI=1S/C15H22N2O2S/c1-5-11(2)15(19)17(3)10-14(18)16-12-8-6-7-9-13(12)20-4/h6-9,11H,5,10H2,1-4H3,(H,16,18). The SMILES string of the molecule is CCC(C)C(=O)N(C)CC(=O)Nc1ccccc1SC. The molecule has 1 aromatic carbocycles. The van der Waals surface area contributed by atoms with Crippen molar-refractivity contribution in [2.24, 2.45) is 5.92 Å². The summed E-state index contributed by atoms with van der Waals surface area (Å²) in [5.74, 6) is -0.224. The van der Waals surface area contributed by atoms with Crippen molar-refractivity contribution < 1.29 is 9.59 Å². The number of thioether (sulfide) groups is 1. The minimum atomic E-state index is -0.175. The van der Waals surface area contributed by atoms with Gasteiger partial charge in [0.2, 0.25) is 11.8 Å². The van der Waals surface area contributed by atoms with Gasteiger partial charge in [0.25, 0.3) is 0 Å². The summed E-state index contributed by atoms with van der Waals surface area (Å²) in [6.45, 7) is 3.91. The Morgan fingerprint density at radius 3 is 2.60 bits per heavy atom. The summed E-state index contributed by atoms with van der Waals surface area (Å²) in [7, 11) is 1.66. The van der Waals surface area contributed by atoms with Crippen LogP contribution >= 0.6 is 11.8 Å². The van der Waals surface area contributed by atoms with Crippen LogP contribution < -0.4 is 5.32 Å². The maximum absolute atomic E-state index is 12.0. The number of rotatable bonds is 6. The Kier molecular flexibility index (Phi) is 6.58. The van der Waals surface area contributed by atoms with Crippen molar-refractivity contribution in [1.29, 1.82) is 0 Å². The molecule has 0 aliphatic heterocycles. The van der Waals surface area contributed by atoms with Crippen LogP contribution in [0.1, 0.15) is 20.3 Å². The van der Waals surface area contributed by atoms with E-state index in [-0.39, 0.29) is 24.3 Å². The van der Waals surface area contributed by atoms with Crippen molar-refractivity contribution in [1.82, 2.24) is 4.90 Å². The summed E-state index contributed by atoms with van der Waals surface area (Å²) < 4.78 is 0. The van der Waals surface area contributed by atoms with Crippen molar-refractivity contribution in [3.63, 3.8) is 0 Å². The Labute approximate surface area is 124 Å². The topological polar surface area (TPSA) is 49.4 Å². The Hall–Kier alpha value is -1.49. The van der Waals surface area contributed by atoms with Crippen molar-refractivity contribution >= 4 is 29.3 Å².